The molecule has 1 aromatic heterocycles. The molecule has 0 radical (unpaired) electrons. The summed E-state index contributed by atoms with van der Waals surface area (Å²) in [4.78, 5) is 3.68. The topological polar surface area (TPSA) is 59.2 Å². The van der Waals surface area contributed by atoms with Crippen LogP contribution >= 0.6 is 0 Å². The first-order chi connectivity index (χ1) is 7.70. The molecule has 2 atom stereocenters. The van der Waals surface area contributed by atoms with Crippen molar-refractivity contribution in [2.45, 2.75) is 45.4 Å². The summed E-state index contributed by atoms with van der Waals surface area (Å²) < 4.78 is 41.1. The minimum atomic E-state index is -4.36. The van der Waals surface area contributed by atoms with E-state index in [9.17, 15) is 18.3 Å². The normalized spacial score (nSPS) is 16.2. The highest BCUT2D eigenvalue weighted by atomic mass is 19.4. The number of rotatable bonds is 4. The molecule has 0 aliphatic carbocycles. The Morgan fingerprint density at radius 1 is 1.29 bits per heavy atom. The summed E-state index contributed by atoms with van der Waals surface area (Å²) in [5.41, 5.74) is 0. The number of halogens is 3. The first kappa shape index (κ1) is 14.0. The van der Waals surface area contributed by atoms with Gasteiger partial charge in [0.05, 0.1) is 12.0 Å². The molecule has 2 unspecified atom stereocenters. The molecule has 17 heavy (non-hydrogen) atoms. The van der Waals surface area contributed by atoms with Gasteiger partial charge in [0.15, 0.2) is 5.82 Å². The average molecular weight is 252 g/mol. The van der Waals surface area contributed by atoms with Gasteiger partial charge in [-0.2, -0.15) is 18.2 Å². The molecule has 0 saturated heterocycles. The van der Waals surface area contributed by atoms with Gasteiger partial charge >= 0.3 is 6.18 Å². The Morgan fingerprint density at radius 2 is 1.88 bits per heavy atom. The number of aliphatic hydroxyl groups excluding tert-OH is 1. The van der Waals surface area contributed by atoms with Crippen LogP contribution in [0.1, 0.15) is 38.4 Å². The molecule has 4 nitrogen and oxygen atoms in total. The van der Waals surface area contributed by atoms with Crippen LogP contribution in [0.5, 0.6) is 0 Å². The first-order valence-corrected chi connectivity index (χ1v) is 5.28. The summed E-state index contributed by atoms with van der Waals surface area (Å²) in [5.74, 6) is -0.813. The third-order valence-electron chi connectivity index (χ3n) is 2.37. The molecule has 0 saturated carbocycles. The van der Waals surface area contributed by atoms with E-state index in [1.807, 2.05) is 13.8 Å². The maximum Gasteiger partial charge on any atom is 0.396 e. The van der Waals surface area contributed by atoms with Gasteiger partial charge in [-0.1, -0.05) is 19.0 Å². The highest BCUT2D eigenvalue weighted by Gasteiger charge is 2.32. The second-order valence-corrected chi connectivity index (χ2v) is 4.35. The summed E-state index contributed by atoms with van der Waals surface area (Å²) >= 11 is 0. The lowest BCUT2D eigenvalue weighted by Gasteiger charge is -2.19. The Balaban J connectivity index is 2.86. The molecule has 0 fully saturated rings. The van der Waals surface area contributed by atoms with Crippen LogP contribution in [0, 0.1) is 5.92 Å². The van der Waals surface area contributed by atoms with Crippen LogP contribution in [0.25, 0.3) is 0 Å². The fraction of sp³-hybridized carbons (Fsp3) is 0.800. The third-order valence-corrected chi connectivity index (χ3v) is 2.37. The SMILES string of the molecule is CC(C)C(c1nc(CC(F)(F)F)no1)C(C)O. The Labute approximate surface area is 96.8 Å². The number of aliphatic hydroxyl groups is 1. The van der Waals surface area contributed by atoms with E-state index in [4.69, 9.17) is 4.52 Å². The second-order valence-electron chi connectivity index (χ2n) is 4.35. The zero-order valence-electron chi connectivity index (χ0n) is 9.82. The molecule has 1 heterocycles. The van der Waals surface area contributed by atoms with E-state index in [-0.39, 0.29) is 11.8 Å². The predicted molar refractivity (Wildman–Crippen MR) is 53.3 cm³/mol. The Kier molecular flexibility index (Phi) is 4.13. The zero-order chi connectivity index (χ0) is 13.2. The summed E-state index contributed by atoms with van der Waals surface area (Å²) in [6, 6.07) is 0. The molecule has 1 N–H and O–H groups in total. The zero-order valence-corrected chi connectivity index (χ0v) is 9.82. The summed E-state index contributed by atoms with van der Waals surface area (Å²) in [6.45, 7) is 5.19. The van der Waals surface area contributed by atoms with Crippen LogP contribution < -0.4 is 0 Å². The summed E-state index contributed by atoms with van der Waals surface area (Å²) in [6.07, 6.45) is -6.34. The summed E-state index contributed by atoms with van der Waals surface area (Å²) in [5, 5.41) is 12.8. The molecular weight excluding hydrogens is 237 g/mol. The lowest BCUT2D eigenvalue weighted by molar-refractivity contribution is -0.128. The quantitative estimate of drug-likeness (QED) is 0.893. The fourth-order valence-corrected chi connectivity index (χ4v) is 1.70. The Hall–Kier alpha value is -1.11. The van der Waals surface area contributed by atoms with Crippen LogP contribution in [0.4, 0.5) is 13.2 Å². The smallest absolute Gasteiger partial charge is 0.393 e. The highest BCUT2D eigenvalue weighted by Crippen LogP contribution is 2.27. The average Bonchev–Trinajstić information content (AvgIpc) is 2.47. The number of nitrogens with zero attached hydrogens (tertiary/aromatic N) is 2. The number of aromatic nitrogens is 2. The van der Waals surface area contributed by atoms with E-state index in [0.29, 0.717) is 0 Å². The molecule has 0 aromatic carbocycles. The van der Waals surface area contributed by atoms with Crippen molar-refractivity contribution in [3.8, 4) is 0 Å². The lowest BCUT2D eigenvalue weighted by Crippen LogP contribution is -2.20. The van der Waals surface area contributed by atoms with Crippen LogP contribution in [0.3, 0.4) is 0 Å². The maximum absolute atomic E-state index is 12.1. The second kappa shape index (κ2) is 5.03. The maximum atomic E-state index is 12.1. The highest BCUT2D eigenvalue weighted by molar-refractivity contribution is 4.98. The molecule has 0 bridgehead atoms. The van der Waals surface area contributed by atoms with Gasteiger partial charge < -0.3 is 9.63 Å². The Morgan fingerprint density at radius 3 is 2.29 bits per heavy atom. The van der Waals surface area contributed by atoms with Gasteiger partial charge in [-0.15, -0.1) is 0 Å². The largest absolute Gasteiger partial charge is 0.396 e. The molecule has 0 amide bonds. The Bertz CT molecular complexity index is 353. The monoisotopic (exact) mass is 252 g/mol. The lowest BCUT2D eigenvalue weighted by atomic mass is 9.91. The molecule has 1 aromatic rings. The van der Waals surface area contributed by atoms with E-state index in [1.165, 1.54) is 6.92 Å². The molecule has 98 valence electrons. The molecule has 0 aliphatic heterocycles. The van der Waals surface area contributed by atoms with Gasteiger partial charge in [-0.25, -0.2) is 0 Å². The van der Waals surface area contributed by atoms with Gasteiger partial charge in [-0.05, 0) is 12.8 Å². The van der Waals surface area contributed by atoms with Crippen LogP contribution in [-0.2, 0) is 6.42 Å². The summed E-state index contributed by atoms with van der Waals surface area (Å²) in [7, 11) is 0. The molecular formula is C10H15F3N2O2. The fourth-order valence-electron chi connectivity index (χ4n) is 1.70. The number of hydrogen-bond donors (Lipinski definition) is 1. The van der Waals surface area contributed by atoms with Crippen molar-refractivity contribution < 1.29 is 22.8 Å². The van der Waals surface area contributed by atoms with E-state index in [0.717, 1.165) is 0 Å². The van der Waals surface area contributed by atoms with Crippen molar-refractivity contribution in [3.05, 3.63) is 11.7 Å². The van der Waals surface area contributed by atoms with Gasteiger partial charge in [0.2, 0.25) is 5.89 Å². The van der Waals surface area contributed by atoms with Crippen LogP contribution in [0.2, 0.25) is 0 Å². The van der Waals surface area contributed by atoms with E-state index in [2.05, 4.69) is 10.1 Å². The van der Waals surface area contributed by atoms with Crippen molar-refractivity contribution in [3.63, 3.8) is 0 Å². The van der Waals surface area contributed by atoms with E-state index in [1.54, 1.807) is 0 Å². The number of hydrogen-bond acceptors (Lipinski definition) is 4. The standard InChI is InChI=1S/C10H15F3N2O2/c1-5(2)8(6(3)16)9-14-7(15-17-9)4-10(11,12)13/h5-6,8,16H,4H2,1-3H3. The van der Waals surface area contributed by atoms with Gasteiger partial charge in [-0.3, -0.25) is 0 Å². The molecule has 0 aliphatic rings. The van der Waals surface area contributed by atoms with Crippen molar-refractivity contribution in [1.82, 2.24) is 10.1 Å². The van der Waals surface area contributed by atoms with Gasteiger partial charge in [0.25, 0.3) is 0 Å². The van der Waals surface area contributed by atoms with Crippen LogP contribution in [-0.4, -0.2) is 27.5 Å². The molecule has 7 heteroatoms. The van der Waals surface area contributed by atoms with Crippen LogP contribution in [0.15, 0.2) is 4.52 Å². The van der Waals surface area contributed by atoms with E-state index < -0.39 is 30.4 Å². The minimum Gasteiger partial charge on any atom is -0.393 e. The van der Waals surface area contributed by atoms with Crippen molar-refractivity contribution in [2.75, 3.05) is 0 Å². The van der Waals surface area contributed by atoms with Crippen molar-refractivity contribution >= 4 is 0 Å². The predicted octanol–water partition coefficient (Wildman–Crippen LogP) is 2.29. The molecule has 0 spiro atoms. The van der Waals surface area contributed by atoms with Crippen molar-refractivity contribution in [2.24, 2.45) is 5.92 Å². The van der Waals surface area contributed by atoms with Crippen molar-refractivity contribution in [1.29, 1.82) is 0 Å². The van der Waals surface area contributed by atoms with E-state index >= 15 is 0 Å². The number of alkyl halides is 3. The first-order valence-electron chi connectivity index (χ1n) is 5.28. The minimum absolute atomic E-state index is 0.00538. The van der Waals surface area contributed by atoms with Gasteiger partial charge in [0, 0.05) is 0 Å². The molecule has 1 rings (SSSR count). The third kappa shape index (κ3) is 3.99. The van der Waals surface area contributed by atoms with Gasteiger partial charge in [0.1, 0.15) is 6.42 Å².